The van der Waals surface area contributed by atoms with E-state index in [1.54, 1.807) is 54.6 Å². The Bertz CT molecular complexity index is 1440. The van der Waals surface area contributed by atoms with Gasteiger partial charge in [0.1, 0.15) is 24.7 Å². The minimum absolute atomic E-state index is 0.0492. The van der Waals surface area contributed by atoms with E-state index in [0.29, 0.717) is 32.8 Å². The van der Waals surface area contributed by atoms with Crippen molar-refractivity contribution in [1.82, 2.24) is 4.90 Å². The van der Waals surface area contributed by atoms with Crippen LogP contribution in [0.1, 0.15) is 11.1 Å². The zero-order chi connectivity index (χ0) is 27.2. The van der Waals surface area contributed by atoms with Crippen molar-refractivity contribution >= 4 is 62.2 Å². The first-order valence-electron chi connectivity index (χ1n) is 11.1. The minimum atomic E-state index is -0.602. The van der Waals surface area contributed by atoms with Crippen molar-refractivity contribution in [2.75, 3.05) is 19.0 Å². The molecule has 0 spiro atoms. The molecule has 0 aromatic heterocycles. The number of hydrogen-bond donors (Lipinski definition) is 1. The number of ether oxygens (including phenoxy) is 2. The Morgan fingerprint density at radius 1 is 1.13 bits per heavy atom. The molecular weight excluding hydrogens is 578 g/mol. The standard InChI is InChI=1S/C26H20BrN3O7S/c1-36-21-8-6-19(7-9-21)28-24(31)14-29-25(32)23(38-26(29)33)13-17-12-18(27)5-10-22(17)37-15-16-3-2-4-20(11-16)30(34)35/h2-13H,14-15H2,1H3,(H,28,31)/b23-13+. The number of non-ortho nitro benzene ring substituents is 1. The molecule has 10 nitrogen and oxygen atoms in total. The molecule has 194 valence electrons. The molecule has 1 saturated heterocycles. The van der Waals surface area contributed by atoms with Crippen LogP contribution in [0.2, 0.25) is 0 Å². The maximum atomic E-state index is 13.0. The molecule has 12 heteroatoms. The molecule has 3 amide bonds. The van der Waals surface area contributed by atoms with Gasteiger partial charge in [0.2, 0.25) is 5.91 Å². The zero-order valence-electron chi connectivity index (χ0n) is 19.9. The number of nitro groups is 1. The van der Waals surface area contributed by atoms with E-state index in [-0.39, 0.29) is 17.2 Å². The Morgan fingerprint density at radius 3 is 2.61 bits per heavy atom. The molecular formula is C26H20BrN3O7S. The van der Waals surface area contributed by atoms with Gasteiger partial charge in [0.25, 0.3) is 16.8 Å². The molecule has 3 aromatic carbocycles. The summed E-state index contributed by atoms with van der Waals surface area (Å²) in [6.07, 6.45) is 1.51. The smallest absolute Gasteiger partial charge is 0.294 e. The van der Waals surface area contributed by atoms with Crippen molar-refractivity contribution in [2.45, 2.75) is 6.61 Å². The highest BCUT2D eigenvalue weighted by Crippen LogP contribution is 2.35. The summed E-state index contributed by atoms with van der Waals surface area (Å²) >= 11 is 4.11. The number of nitrogens with one attached hydrogen (secondary N) is 1. The van der Waals surface area contributed by atoms with Crippen molar-refractivity contribution in [1.29, 1.82) is 0 Å². The predicted molar refractivity (Wildman–Crippen MR) is 146 cm³/mol. The third-order valence-electron chi connectivity index (χ3n) is 5.32. The summed E-state index contributed by atoms with van der Waals surface area (Å²) < 4.78 is 11.7. The largest absolute Gasteiger partial charge is 0.497 e. The van der Waals surface area contributed by atoms with Gasteiger partial charge in [0.05, 0.1) is 16.9 Å². The number of carbonyl (C=O) groups is 3. The van der Waals surface area contributed by atoms with Crippen molar-refractivity contribution < 1.29 is 28.8 Å². The summed E-state index contributed by atoms with van der Waals surface area (Å²) in [6, 6.07) is 17.9. The fourth-order valence-corrected chi connectivity index (χ4v) is 4.69. The van der Waals surface area contributed by atoms with E-state index in [9.17, 15) is 24.5 Å². The third-order valence-corrected chi connectivity index (χ3v) is 6.72. The lowest BCUT2D eigenvalue weighted by molar-refractivity contribution is -0.384. The van der Waals surface area contributed by atoms with Gasteiger partial charge in [-0.25, -0.2) is 0 Å². The summed E-state index contributed by atoms with van der Waals surface area (Å²) in [5.74, 6) is -0.0968. The number of thioether (sulfide) groups is 1. The Kier molecular flexibility index (Phi) is 8.44. The Labute approximate surface area is 229 Å². The Balaban J connectivity index is 1.46. The Morgan fingerprint density at radius 2 is 1.89 bits per heavy atom. The van der Waals surface area contributed by atoms with Gasteiger partial charge in [-0.15, -0.1) is 0 Å². The first-order chi connectivity index (χ1) is 18.2. The number of anilines is 1. The highest BCUT2D eigenvalue weighted by atomic mass is 79.9. The van der Waals surface area contributed by atoms with Gasteiger partial charge in [0, 0.05) is 27.9 Å². The predicted octanol–water partition coefficient (Wildman–Crippen LogP) is 5.62. The summed E-state index contributed by atoms with van der Waals surface area (Å²) in [7, 11) is 1.53. The number of nitrogens with zero attached hydrogens (tertiary/aromatic N) is 2. The van der Waals surface area contributed by atoms with E-state index in [1.807, 2.05) is 0 Å². The average molecular weight is 598 g/mol. The molecule has 1 heterocycles. The van der Waals surface area contributed by atoms with E-state index in [4.69, 9.17) is 9.47 Å². The van der Waals surface area contributed by atoms with E-state index < -0.39 is 28.5 Å². The number of hydrogen-bond acceptors (Lipinski definition) is 8. The molecule has 0 bridgehead atoms. The van der Waals surface area contributed by atoms with Crippen molar-refractivity contribution in [3.63, 3.8) is 0 Å². The van der Waals surface area contributed by atoms with Crippen LogP contribution >= 0.6 is 27.7 Å². The molecule has 0 unspecified atom stereocenters. The fraction of sp³-hybridized carbons (Fsp3) is 0.115. The molecule has 0 aliphatic carbocycles. The van der Waals surface area contributed by atoms with Crippen molar-refractivity contribution in [2.24, 2.45) is 0 Å². The molecule has 0 radical (unpaired) electrons. The number of amides is 3. The van der Waals surface area contributed by atoms with Crippen LogP contribution in [0.3, 0.4) is 0 Å². The van der Waals surface area contributed by atoms with Crippen LogP contribution in [0, 0.1) is 10.1 Å². The topological polar surface area (TPSA) is 128 Å². The molecule has 1 fully saturated rings. The summed E-state index contributed by atoms with van der Waals surface area (Å²) in [5, 5.41) is 13.1. The summed E-state index contributed by atoms with van der Waals surface area (Å²) in [5.41, 5.74) is 1.55. The van der Waals surface area contributed by atoms with Gasteiger partial charge in [-0.05, 0) is 65.9 Å². The third kappa shape index (κ3) is 6.58. The fourth-order valence-electron chi connectivity index (χ4n) is 3.48. The number of carbonyl (C=O) groups excluding carboxylic acids is 3. The molecule has 0 saturated carbocycles. The SMILES string of the molecule is COc1ccc(NC(=O)CN2C(=O)S/C(=C/c3cc(Br)ccc3OCc3cccc([N+](=O)[O-])c3)C2=O)cc1. The quantitative estimate of drug-likeness (QED) is 0.191. The van der Waals surface area contributed by atoms with Crippen LogP contribution in [-0.4, -0.2) is 40.5 Å². The highest BCUT2D eigenvalue weighted by molar-refractivity contribution is 9.10. The summed E-state index contributed by atoms with van der Waals surface area (Å²) in [6.45, 7) is -0.389. The summed E-state index contributed by atoms with van der Waals surface area (Å²) in [4.78, 5) is 49.5. The Hall–Kier alpha value is -4.16. The van der Waals surface area contributed by atoms with Gasteiger partial charge in [0.15, 0.2) is 0 Å². The maximum absolute atomic E-state index is 13.0. The van der Waals surface area contributed by atoms with Gasteiger partial charge in [-0.2, -0.15) is 0 Å². The second-order valence-electron chi connectivity index (χ2n) is 7.94. The van der Waals surface area contributed by atoms with Gasteiger partial charge in [-0.3, -0.25) is 29.4 Å². The van der Waals surface area contributed by atoms with Gasteiger partial charge >= 0.3 is 0 Å². The molecule has 1 aliphatic heterocycles. The monoisotopic (exact) mass is 597 g/mol. The maximum Gasteiger partial charge on any atom is 0.294 e. The van der Waals surface area contributed by atoms with Gasteiger partial charge in [-0.1, -0.05) is 28.1 Å². The molecule has 1 N–H and O–H groups in total. The lowest BCUT2D eigenvalue weighted by atomic mass is 10.1. The second-order valence-corrected chi connectivity index (χ2v) is 9.85. The van der Waals surface area contributed by atoms with Crippen molar-refractivity contribution in [3.8, 4) is 11.5 Å². The lowest BCUT2D eigenvalue weighted by Crippen LogP contribution is -2.36. The van der Waals surface area contributed by atoms with Gasteiger partial charge < -0.3 is 14.8 Å². The second kappa shape index (κ2) is 11.9. The minimum Gasteiger partial charge on any atom is -0.497 e. The average Bonchev–Trinajstić information content (AvgIpc) is 3.16. The molecule has 1 aliphatic rings. The van der Waals surface area contributed by atoms with Crippen LogP contribution in [-0.2, 0) is 16.2 Å². The molecule has 4 rings (SSSR count). The lowest BCUT2D eigenvalue weighted by Gasteiger charge is -2.13. The number of halogens is 1. The first-order valence-corrected chi connectivity index (χ1v) is 12.7. The van der Waals surface area contributed by atoms with E-state index in [0.717, 1.165) is 16.7 Å². The van der Waals surface area contributed by atoms with Crippen LogP contribution < -0.4 is 14.8 Å². The van der Waals surface area contributed by atoms with E-state index >= 15 is 0 Å². The number of imide groups is 1. The van der Waals surface area contributed by atoms with Crippen LogP contribution in [0.4, 0.5) is 16.2 Å². The van der Waals surface area contributed by atoms with Crippen LogP contribution in [0.5, 0.6) is 11.5 Å². The highest BCUT2D eigenvalue weighted by Gasteiger charge is 2.36. The molecule has 38 heavy (non-hydrogen) atoms. The molecule has 0 atom stereocenters. The van der Waals surface area contributed by atoms with Crippen LogP contribution in [0.15, 0.2) is 76.1 Å². The number of benzene rings is 3. The number of methoxy groups -OCH3 is 1. The van der Waals surface area contributed by atoms with E-state index in [2.05, 4.69) is 21.2 Å². The van der Waals surface area contributed by atoms with Crippen molar-refractivity contribution in [3.05, 3.63) is 97.3 Å². The zero-order valence-corrected chi connectivity index (χ0v) is 22.3. The number of nitro benzene ring substituents is 1. The van der Waals surface area contributed by atoms with E-state index in [1.165, 1.54) is 25.3 Å². The number of rotatable bonds is 9. The molecule has 3 aromatic rings. The first kappa shape index (κ1) is 26.9. The normalized spacial score (nSPS) is 14.1. The van der Waals surface area contributed by atoms with Crippen LogP contribution in [0.25, 0.3) is 6.08 Å².